The van der Waals surface area contributed by atoms with Gasteiger partial charge < -0.3 is 19.5 Å². The summed E-state index contributed by atoms with van der Waals surface area (Å²) < 4.78 is 10.6. The van der Waals surface area contributed by atoms with Crippen LogP contribution in [0.2, 0.25) is 0 Å². The number of carbonyl (C=O) groups excluding carboxylic acids is 1. The van der Waals surface area contributed by atoms with Crippen LogP contribution in [0.4, 0.5) is 11.4 Å². The number of carbonyl (C=O) groups is 1. The Bertz CT molecular complexity index is 923. The lowest BCUT2D eigenvalue weighted by Crippen LogP contribution is -2.36. The second kappa shape index (κ2) is 7.50. The highest BCUT2D eigenvalue weighted by atomic mass is 32.1. The zero-order valence-corrected chi connectivity index (χ0v) is 16.0. The summed E-state index contributed by atoms with van der Waals surface area (Å²) in [6, 6.07) is 7.84. The summed E-state index contributed by atoms with van der Waals surface area (Å²) in [4.78, 5) is 19.2. The normalized spacial score (nSPS) is 14.4. The first-order valence-electron chi connectivity index (χ1n) is 8.74. The van der Waals surface area contributed by atoms with Crippen LogP contribution in [0.25, 0.3) is 10.6 Å². The molecule has 1 amide bonds. The Morgan fingerprint density at radius 1 is 1.19 bits per heavy atom. The van der Waals surface area contributed by atoms with Crippen LogP contribution in [-0.4, -0.2) is 42.4 Å². The number of thiazole rings is 1. The first kappa shape index (κ1) is 17.7. The van der Waals surface area contributed by atoms with Crippen LogP contribution in [-0.2, 0) is 4.74 Å². The van der Waals surface area contributed by atoms with Crippen LogP contribution in [0.3, 0.4) is 0 Å². The highest BCUT2D eigenvalue weighted by Crippen LogP contribution is 2.30. The van der Waals surface area contributed by atoms with E-state index in [1.165, 1.54) is 11.3 Å². The number of amides is 1. The third-order valence-electron chi connectivity index (χ3n) is 4.49. The van der Waals surface area contributed by atoms with E-state index in [0.717, 1.165) is 53.9 Å². The van der Waals surface area contributed by atoms with E-state index >= 15 is 0 Å². The van der Waals surface area contributed by atoms with Crippen molar-refractivity contribution in [2.45, 2.75) is 13.8 Å². The Hall–Kier alpha value is -2.71. The van der Waals surface area contributed by atoms with Crippen molar-refractivity contribution in [3.63, 3.8) is 0 Å². The van der Waals surface area contributed by atoms with Gasteiger partial charge in [-0.15, -0.1) is 11.3 Å². The van der Waals surface area contributed by atoms with E-state index in [0.29, 0.717) is 11.5 Å². The molecule has 0 bridgehead atoms. The van der Waals surface area contributed by atoms with Crippen LogP contribution in [0.15, 0.2) is 34.2 Å². The van der Waals surface area contributed by atoms with Crippen molar-refractivity contribution in [1.29, 1.82) is 0 Å². The molecular weight excluding hydrogens is 364 g/mol. The second-order valence-electron chi connectivity index (χ2n) is 6.34. The molecule has 1 saturated heterocycles. The number of ether oxygens (including phenoxy) is 1. The molecule has 140 valence electrons. The van der Waals surface area contributed by atoms with Crippen LogP contribution in [0, 0.1) is 13.8 Å². The molecule has 8 heteroatoms. The minimum Gasteiger partial charge on any atom is -0.378 e. The molecule has 3 heterocycles. The SMILES string of the molecule is Cc1noc(C)c1-c1nc(C(=O)Nc2ccc(N3CCOCC3)cc2)cs1. The van der Waals surface area contributed by atoms with Gasteiger partial charge in [0.1, 0.15) is 16.5 Å². The van der Waals surface area contributed by atoms with Crippen molar-refractivity contribution in [1.82, 2.24) is 10.1 Å². The predicted octanol–water partition coefficient (Wildman–Crippen LogP) is 3.50. The first-order chi connectivity index (χ1) is 13.1. The maximum atomic E-state index is 12.5. The van der Waals surface area contributed by atoms with Crippen molar-refractivity contribution < 1.29 is 14.1 Å². The topological polar surface area (TPSA) is 80.5 Å². The van der Waals surface area contributed by atoms with Gasteiger partial charge in [0.15, 0.2) is 0 Å². The lowest BCUT2D eigenvalue weighted by atomic mass is 10.2. The average molecular weight is 384 g/mol. The van der Waals surface area contributed by atoms with Gasteiger partial charge in [-0.05, 0) is 38.1 Å². The number of aryl methyl sites for hydroxylation is 2. The number of nitrogens with zero attached hydrogens (tertiary/aromatic N) is 3. The van der Waals surface area contributed by atoms with Crippen molar-refractivity contribution in [3.8, 4) is 10.6 Å². The fourth-order valence-corrected chi connectivity index (χ4v) is 4.00. The molecule has 0 saturated carbocycles. The average Bonchev–Trinajstić information content (AvgIpc) is 3.29. The van der Waals surface area contributed by atoms with Crippen LogP contribution >= 0.6 is 11.3 Å². The number of benzene rings is 1. The van der Waals surface area contributed by atoms with Gasteiger partial charge in [-0.25, -0.2) is 4.98 Å². The van der Waals surface area contributed by atoms with Crippen molar-refractivity contribution >= 4 is 28.6 Å². The molecule has 0 spiro atoms. The summed E-state index contributed by atoms with van der Waals surface area (Å²) in [5, 5.41) is 9.32. The van der Waals surface area contributed by atoms with E-state index < -0.39 is 0 Å². The highest BCUT2D eigenvalue weighted by Gasteiger charge is 2.18. The molecule has 1 N–H and O–H groups in total. The summed E-state index contributed by atoms with van der Waals surface area (Å²) in [5.74, 6) is 0.468. The molecule has 7 nitrogen and oxygen atoms in total. The van der Waals surface area contributed by atoms with Gasteiger partial charge in [0, 0.05) is 29.8 Å². The highest BCUT2D eigenvalue weighted by molar-refractivity contribution is 7.13. The van der Waals surface area contributed by atoms with Gasteiger partial charge in [-0.1, -0.05) is 5.16 Å². The predicted molar refractivity (Wildman–Crippen MR) is 105 cm³/mol. The van der Waals surface area contributed by atoms with Crippen molar-refractivity contribution in [2.24, 2.45) is 0 Å². The summed E-state index contributed by atoms with van der Waals surface area (Å²) in [7, 11) is 0. The van der Waals surface area contributed by atoms with Gasteiger partial charge in [-0.2, -0.15) is 0 Å². The smallest absolute Gasteiger partial charge is 0.275 e. The molecule has 0 atom stereocenters. The van der Waals surface area contributed by atoms with E-state index in [4.69, 9.17) is 9.26 Å². The Kier molecular flexibility index (Phi) is 4.91. The molecule has 1 aromatic carbocycles. The number of aromatic nitrogens is 2. The van der Waals surface area contributed by atoms with Crippen LogP contribution in [0.5, 0.6) is 0 Å². The lowest BCUT2D eigenvalue weighted by molar-refractivity contribution is 0.102. The molecule has 1 fully saturated rings. The molecule has 2 aromatic heterocycles. The van der Waals surface area contributed by atoms with E-state index in [2.05, 4.69) is 20.4 Å². The summed E-state index contributed by atoms with van der Waals surface area (Å²) in [6.07, 6.45) is 0. The third-order valence-corrected chi connectivity index (χ3v) is 5.35. The number of hydrogen-bond donors (Lipinski definition) is 1. The lowest BCUT2D eigenvalue weighted by Gasteiger charge is -2.28. The number of nitrogens with one attached hydrogen (secondary N) is 1. The molecule has 4 rings (SSSR count). The monoisotopic (exact) mass is 384 g/mol. The Balaban J connectivity index is 1.45. The van der Waals surface area contributed by atoms with Gasteiger partial charge in [0.2, 0.25) is 0 Å². The molecule has 0 radical (unpaired) electrons. The number of morpholine rings is 1. The zero-order chi connectivity index (χ0) is 18.8. The maximum absolute atomic E-state index is 12.5. The summed E-state index contributed by atoms with van der Waals surface area (Å²) >= 11 is 1.41. The first-order valence-corrected chi connectivity index (χ1v) is 9.62. The molecular formula is C19H20N4O3S. The third kappa shape index (κ3) is 3.72. The largest absolute Gasteiger partial charge is 0.378 e. The standard InChI is InChI=1S/C19H20N4O3S/c1-12-17(13(2)26-22-12)19-21-16(11-27-19)18(24)20-14-3-5-15(6-4-14)23-7-9-25-10-8-23/h3-6,11H,7-10H2,1-2H3,(H,20,24). The molecule has 3 aromatic rings. The number of anilines is 2. The van der Waals surface area contributed by atoms with E-state index in [9.17, 15) is 4.79 Å². The maximum Gasteiger partial charge on any atom is 0.275 e. The van der Waals surface area contributed by atoms with Crippen molar-refractivity contribution in [3.05, 3.63) is 46.8 Å². The van der Waals surface area contributed by atoms with Crippen LogP contribution < -0.4 is 10.2 Å². The van der Waals surface area contributed by atoms with Gasteiger partial charge in [0.05, 0.1) is 24.5 Å². The van der Waals surface area contributed by atoms with E-state index in [1.807, 2.05) is 38.1 Å². The second-order valence-corrected chi connectivity index (χ2v) is 7.20. The minimum atomic E-state index is -0.233. The minimum absolute atomic E-state index is 0.233. The van der Waals surface area contributed by atoms with Crippen molar-refractivity contribution in [2.75, 3.05) is 36.5 Å². The molecule has 0 aliphatic carbocycles. The van der Waals surface area contributed by atoms with Gasteiger partial charge in [-0.3, -0.25) is 4.79 Å². The molecule has 0 unspecified atom stereocenters. The number of rotatable bonds is 4. The molecule has 1 aliphatic rings. The zero-order valence-electron chi connectivity index (χ0n) is 15.2. The fraction of sp³-hybridized carbons (Fsp3) is 0.316. The van der Waals surface area contributed by atoms with E-state index in [-0.39, 0.29) is 5.91 Å². The van der Waals surface area contributed by atoms with Crippen LogP contribution in [0.1, 0.15) is 21.9 Å². The van der Waals surface area contributed by atoms with Gasteiger partial charge >= 0.3 is 0 Å². The Labute approximate surface area is 161 Å². The Morgan fingerprint density at radius 2 is 1.93 bits per heavy atom. The van der Waals surface area contributed by atoms with E-state index in [1.54, 1.807) is 5.38 Å². The quantitative estimate of drug-likeness (QED) is 0.741. The fourth-order valence-electron chi connectivity index (χ4n) is 3.05. The Morgan fingerprint density at radius 3 is 2.59 bits per heavy atom. The molecule has 27 heavy (non-hydrogen) atoms. The van der Waals surface area contributed by atoms with Gasteiger partial charge in [0.25, 0.3) is 5.91 Å². The summed E-state index contributed by atoms with van der Waals surface area (Å²) in [6.45, 7) is 6.96. The number of hydrogen-bond acceptors (Lipinski definition) is 7. The molecule has 1 aliphatic heterocycles. The summed E-state index contributed by atoms with van der Waals surface area (Å²) in [5.41, 5.74) is 3.88.